The molecule has 0 aliphatic heterocycles. The second-order valence-electron chi connectivity index (χ2n) is 5.34. The summed E-state index contributed by atoms with van der Waals surface area (Å²) in [5.74, 6) is -0.571. The maximum Gasteiger partial charge on any atom is 0.439 e. The van der Waals surface area contributed by atoms with Crippen LogP contribution >= 0.6 is 15.9 Å². The number of aromatic nitrogens is 2. The van der Waals surface area contributed by atoms with Gasteiger partial charge in [-0.25, -0.2) is 4.79 Å². The van der Waals surface area contributed by atoms with Crippen LogP contribution in [0.3, 0.4) is 0 Å². The van der Waals surface area contributed by atoms with Crippen LogP contribution in [0, 0.1) is 13.8 Å². The number of carbonyl (C=O) groups excluding carboxylic acids is 1. The molecule has 1 amide bonds. The third kappa shape index (κ3) is 3.16. The molecule has 0 fully saturated rings. The molecule has 1 aromatic heterocycles. The molecule has 3 rings (SSSR count). The average molecular weight is 388 g/mol. The van der Waals surface area contributed by atoms with E-state index in [0.29, 0.717) is 28.2 Å². The fourth-order valence-corrected chi connectivity index (χ4v) is 2.65. The minimum absolute atomic E-state index is 0.234. The maximum absolute atomic E-state index is 12.6. The average Bonchev–Trinajstić information content (AvgIpc) is 2.97. The summed E-state index contributed by atoms with van der Waals surface area (Å²) in [5, 5.41) is 6.55. The number of aromatic amines is 1. The van der Waals surface area contributed by atoms with Gasteiger partial charge in [0.15, 0.2) is 5.82 Å². The van der Waals surface area contributed by atoms with Crippen LogP contribution in [0.2, 0.25) is 0 Å². The predicted molar refractivity (Wildman–Crippen MR) is 94.1 cm³/mol. The van der Waals surface area contributed by atoms with Gasteiger partial charge in [0.1, 0.15) is 0 Å². The molecule has 1 heterocycles. The van der Waals surface area contributed by atoms with E-state index in [4.69, 9.17) is 0 Å². The molecule has 0 atom stereocenters. The van der Waals surface area contributed by atoms with E-state index in [0.717, 1.165) is 10.0 Å². The number of hydrogen-bond acceptors (Lipinski definition) is 4. The van der Waals surface area contributed by atoms with Gasteiger partial charge in [-0.1, -0.05) is 33.2 Å². The summed E-state index contributed by atoms with van der Waals surface area (Å²) in [6, 6.07) is 10.8. The highest BCUT2D eigenvalue weighted by molar-refractivity contribution is 9.10. The van der Waals surface area contributed by atoms with Crippen molar-refractivity contribution in [3.63, 3.8) is 0 Å². The van der Waals surface area contributed by atoms with Crippen molar-refractivity contribution >= 4 is 27.5 Å². The Morgan fingerprint density at radius 3 is 2.71 bits per heavy atom. The number of nitrogens with one attached hydrogen (secondary N) is 2. The molecule has 2 aromatic carbocycles. The van der Waals surface area contributed by atoms with Gasteiger partial charge in [-0.2, -0.15) is 0 Å². The van der Waals surface area contributed by atoms with E-state index in [9.17, 15) is 9.59 Å². The third-order valence-corrected chi connectivity index (χ3v) is 4.58. The summed E-state index contributed by atoms with van der Waals surface area (Å²) >= 11 is 3.43. The Morgan fingerprint density at radius 1 is 1.25 bits per heavy atom. The van der Waals surface area contributed by atoms with Crippen molar-refractivity contribution in [1.29, 1.82) is 0 Å². The molecule has 122 valence electrons. The number of halogens is 1. The molecule has 0 aliphatic rings. The normalized spacial score (nSPS) is 10.6. The smallest absolute Gasteiger partial charge is 0.322 e. The molecule has 2 N–H and O–H groups in total. The molecule has 7 heteroatoms. The van der Waals surface area contributed by atoms with Gasteiger partial charge >= 0.3 is 5.76 Å². The van der Waals surface area contributed by atoms with Crippen LogP contribution in [0.25, 0.3) is 11.4 Å². The molecule has 0 radical (unpaired) electrons. The SMILES string of the molecule is Cc1cc(NC(=O)c2cccc(-c3noc(=O)[nH]3)c2C)ccc1Br. The van der Waals surface area contributed by atoms with Crippen LogP contribution in [-0.2, 0) is 0 Å². The van der Waals surface area contributed by atoms with E-state index in [1.165, 1.54) is 0 Å². The molecule has 0 saturated heterocycles. The number of H-pyrrole nitrogens is 1. The van der Waals surface area contributed by atoms with Crippen LogP contribution in [0.15, 0.2) is 50.2 Å². The number of amides is 1. The molecule has 0 spiro atoms. The van der Waals surface area contributed by atoms with Gasteiger partial charge in [0, 0.05) is 21.3 Å². The van der Waals surface area contributed by atoms with E-state index in [2.05, 4.69) is 35.9 Å². The fraction of sp³-hybridized carbons (Fsp3) is 0.118. The summed E-state index contributed by atoms with van der Waals surface area (Å²) in [5.41, 5.74) is 3.57. The van der Waals surface area contributed by atoms with Crippen molar-refractivity contribution in [2.24, 2.45) is 0 Å². The van der Waals surface area contributed by atoms with Crippen molar-refractivity contribution < 1.29 is 9.32 Å². The van der Waals surface area contributed by atoms with E-state index >= 15 is 0 Å². The Bertz CT molecular complexity index is 975. The summed E-state index contributed by atoms with van der Waals surface area (Å²) in [7, 11) is 0. The van der Waals surface area contributed by atoms with Crippen molar-refractivity contribution in [3.05, 3.63) is 68.1 Å². The van der Waals surface area contributed by atoms with Gasteiger partial charge in [0.05, 0.1) is 0 Å². The van der Waals surface area contributed by atoms with Gasteiger partial charge in [-0.15, -0.1) is 0 Å². The Balaban J connectivity index is 1.92. The lowest BCUT2D eigenvalue weighted by Crippen LogP contribution is -2.14. The van der Waals surface area contributed by atoms with E-state index in [1.807, 2.05) is 25.1 Å². The maximum atomic E-state index is 12.6. The lowest BCUT2D eigenvalue weighted by molar-refractivity contribution is 0.102. The zero-order chi connectivity index (χ0) is 17.3. The number of carbonyl (C=O) groups is 1. The number of hydrogen-bond donors (Lipinski definition) is 2. The van der Waals surface area contributed by atoms with Crippen LogP contribution in [0.1, 0.15) is 21.5 Å². The summed E-state index contributed by atoms with van der Waals surface area (Å²) in [6.45, 7) is 3.75. The number of anilines is 1. The number of rotatable bonds is 3. The van der Waals surface area contributed by atoms with E-state index < -0.39 is 5.76 Å². The van der Waals surface area contributed by atoms with Crippen molar-refractivity contribution in [1.82, 2.24) is 10.1 Å². The van der Waals surface area contributed by atoms with Gasteiger partial charge in [0.25, 0.3) is 5.91 Å². The molecular weight excluding hydrogens is 374 g/mol. The van der Waals surface area contributed by atoms with Crippen molar-refractivity contribution in [2.75, 3.05) is 5.32 Å². The van der Waals surface area contributed by atoms with Gasteiger partial charge in [0.2, 0.25) is 0 Å². The highest BCUT2D eigenvalue weighted by atomic mass is 79.9. The van der Waals surface area contributed by atoms with Gasteiger partial charge < -0.3 is 5.32 Å². The Labute approximate surface area is 146 Å². The number of aryl methyl sites for hydroxylation is 1. The zero-order valence-electron chi connectivity index (χ0n) is 13.0. The van der Waals surface area contributed by atoms with Gasteiger partial charge in [-0.3, -0.25) is 14.3 Å². The number of benzene rings is 2. The first-order valence-electron chi connectivity index (χ1n) is 7.19. The minimum Gasteiger partial charge on any atom is -0.322 e. The Hall–Kier alpha value is -2.67. The van der Waals surface area contributed by atoms with E-state index in [1.54, 1.807) is 25.1 Å². The first kappa shape index (κ1) is 16.2. The standard InChI is InChI=1S/C17H14BrN3O3/c1-9-8-11(6-7-14(9)18)19-16(22)13-5-3-4-12(10(13)2)15-20-17(23)24-21-15/h3-8H,1-2H3,(H,19,22)(H,20,21,23). The molecule has 0 bridgehead atoms. The van der Waals surface area contributed by atoms with E-state index in [-0.39, 0.29) is 5.91 Å². The quantitative estimate of drug-likeness (QED) is 0.717. The highest BCUT2D eigenvalue weighted by Crippen LogP contribution is 2.24. The van der Waals surface area contributed by atoms with Crippen molar-refractivity contribution in [2.45, 2.75) is 13.8 Å². The predicted octanol–water partition coefficient (Wildman–Crippen LogP) is 3.66. The summed E-state index contributed by atoms with van der Waals surface area (Å²) in [4.78, 5) is 26.2. The molecule has 6 nitrogen and oxygen atoms in total. The molecule has 0 aliphatic carbocycles. The van der Waals surface area contributed by atoms with Crippen LogP contribution in [0.4, 0.5) is 5.69 Å². The molecule has 0 unspecified atom stereocenters. The van der Waals surface area contributed by atoms with Crippen LogP contribution < -0.4 is 11.1 Å². The van der Waals surface area contributed by atoms with Crippen LogP contribution in [0.5, 0.6) is 0 Å². The fourth-order valence-electron chi connectivity index (χ4n) is 2.40. The van der Waals surface area contributed by atoms with Crippen molar-refractivity contribution in [3.8, 4) is 11.4 Å². The molecule has 24 heavy (non-hydrogen) atoms. The topological polar surface area (TPSA) is 88.0 Å². The largest absolute Gasteiger partial charge is 0.439 e. The molecular formula is C17H14BrN3O3. The zero-order valence-corrected chi connectivity index (χ0v) is 14.6. The highest BCUT2D eigenvalue weighted by Gasteiger charge is 2.15. The first-order valence-corrected chi connectivity index (χ1v) is 7.98. The Morgan fingerprint density at radius 2 is 2.04 bits per heavy atom. The van der Waals surface area contributed by atoms with Gasteiger partial charge in [-0.05, 0) is 49.2 Å². The third-order valence-electron chi connectivity index (χ3n) is 3.69. The lowest BCUT2D eigenvalue weighted by atomic mass is 10.0. The molecule has 0 saturated carbocycles. The Kier molecular flexibility index (Phi) is 4.35. The number of nitrogens with zero attached hydrogens (tertiary/aromatic N) is 1. The first-order chi connectivity index (χ1) is 11.5. The monoisotopic (exact) mass is 387 g/mol. The second-order valence-corrected chi connectivity index (χ2v) is 6.19. The summed E-state index contributed by atoms with van der Waals surface area (Å²) in [6.07, 6.45) is 0. The summed E-state index contributed by atoms with van der Waals surface area (Å²) < 4.78 is 5.51. The molecule has 3 aromatic rings. The van der Waals surface area contributed by atoms with Crippen LogP contribution in [-0.4, -0.2) is 16.0 Å². The lowest BCUT2D eigenvalue weighted by Gasteiger charge is -2.11. The second kappa shape index (κ2) is 6.45. The minimum atomic E-state index is -0.635.